The van der Waals surface area contributed by atoms with Crippen molar-refractivity contribution in [2.24, 2.45) is 5.92 Å². The lowest BCUT2D eigenvalue weighted by Crippen LogP contribution is -2.12. The van der Waals surface area contributed by atoms with E-state index in [-0.39, 0.29) is 6.10 Å². The third-order valence-electron chi connectivity index (χ3n) is 3.61. The Balaban J connectivity index is 1.93. The van der Waals surface area contributed by atoms with Crippen LogP contribution in [-0.4, -0.2) is 19.0 Å². The number of ether oxygens (including phenoxy) is 2. The summed E-state index contributed by atoms with van der Waals surface area (Å²) in [5.41, 5.74) is 1.18. The zero-order valence-corrected chi connectivity index (χ0v) is 12.5. The number of hydrogen-bond acceptors (Lipinski definition) is 2. The maximum Gasteiger partial charge on any atom is 0.119 e. The van der Waals surface area contributed by atoms with Gasteiger partial charge in [-0.15, -0.1) is 0 Å². The molecule has 0 amide bonds. The van der Waals surface area contributed by atoms with Gasteiger partial charge in [-0.2, -0.15) is 0 Å². The van der Waals surface area contributed by atoms with Gasteiger partial charge in [-0.25, -0.2) is 0 Å². The Morgan fingerprint density at radius 2 is 2.11 bits per heavy atom. The first kappa shape index (κ1) is 13.9. The molecular weight excluding hydrogens is 292 g/mol. The summed E-state index contributed by atoms with van der Waals surface area (Å²) in [5.74, 6) is 1.65. The summed E-state index contributed by atoms with van der Waals surface area (Å²) in [6, 6.07) is 8.14. The molecule has 1 saturated carbocycles. The molecule has 0 bridgehead atoms. The fourth-order valence-corrected chi connectivity index (χ4v) is 3.06. The molecule has 18 heavy (non-hydrogen) atoms. The molecule has 1 aliphatic rings. The van der Waals surface area contributed by atoms with E-state index in [1.165, 1.54) is 31.2 Å². The molecule has 0 aromatic heterocycles. The molecule has 0 spiro atoms. The molecule has 100 valence electrons. The molecule has 1 aliphatic carbocycles. The Hall–Kier alpha value is -0.540. The highest BCUT2D eigenvalue weighted by molar-refractivity contribution is 9.09. The van der Waals surface area contributed by atoms with Gasteiger partial charge in [0, 0.05) is 5.33 Å². The molecule has 1 atom stereocenters. The van der Waals surface area contributed by atoms with Crippen LogP contribution >= 0.6 is 15.9 Å². The van der Waals surface area contributed by atoms with Crippen LogP contribution in [0, 0.1) is 5.92 Å². The van der Waals surface area contributed by atoms with E-state index in [4.69, 9.17) is 9.47 Å². The van der Waals surface area contributed by atoms with Crippen LogP contribution in [0.3, 0.4) is 0 Å². The Morgan fingerprint density at radius 3 is 2.78 bits per heavy atom. The maximum absolute atomic E-state index is 6.06. The smallest absolute Gasteiger partial charge is 0.119 e. The minimum absolute atomic E-state index is 0.126. The lowest BCUT2D eigenvalue weighted by Gasteiger charge is -2.19. The van der Waals surface area contributed by atoms with Crippen LogP contribution in [0.5, 0.6) is 5.75 Å². The first-order valence-electron chi connectivity index (χ1n) is 6.65. The molecule has 0 radical (unpaired) electrons. The van der Waals surface area contributed by atoms with Gasteiger partial charge in [0.15, 0.2) is 0 Å². The highest BCUT2D eigenvalue weighted by Crippen LogP contribution is 2.29. The molecular formula is C15H21BrO2. The standard InChI is InChI=1S/C15H21BrO2/c1-17-14-8-4-7-13(9-14)15(10-16)18-11-12-5-2-3-6-12/h4,7-9,12,15H,2-3,5-6,10-11H2,1H3. The van der Waals surface area contributed by atoms with Gasteiger partial charge in [0.2, 0.25) is 0 Å². The van der Waals surface area contributed by atoms with Crippen molar-refractivity contribution >= 4 is 15.9 Å². The van der Waals surface area contributed by atoms with Crippen molar-refractivity contribution < 1.29 is 9.47 Å². The van der Waals surface area contributed by atoms with Gasteiger partial charge < -0.3 is 9.47 Å². The summed E-state index contributed by atoms with van der Waals surface area (Å²) in [6.45, 7) is 0.882. The molecule has 0 aliphatic heterocycles. The van der Waals surface area contributed by atoms with E-state index >= 15 is 0 Å². The first-order valence-corrected chi connectivity index (χ1v) is 7.77. The third-order valence-corrected chi connectivity index (χ3v) is 4.20. The number of alkyl halides is 1. The molecule has 1 aromatic carbocycles. The van der Waals surface area contributed by atoms with Crippen molar-refractivity contribution in [3.8, 4) is 5.75 Å². The normalized spacial score (nSPS) is 17.9. The summed E-state index contributed by atoms with van der Waals surface area (Å²) >= 11 is 3.54. The average molecular weight is 313 g/mol. The summed E-state index contributed by atoms with van der Waals surface area (Å²) in [7, 11) is 1.70. The monoisotopic (exact) mass is 312 g/mol. The Kier molecular flexibility index (Phi) is 5.51. The largest absolute Gasteiger partial charge is 0.497 e. The topological polar surface area (TPSA) is 18.5 Å². The predicted molar refractivity (Wildman–Crippen MR) is 77.4 cm³/mol. The fraction of sp³-hybridized carbons (Fsp3) is 0.600. The van der Waals surface area contributed by atoms with E-state index in [1.807, 2.05) is 12.1 Å². The molecule has 0 saturated heterocycles. The SMILES string of the molecule is COc1cccc(C(CBr)OCC2CCCC2)c1. The number of hydrogen-bond donors (Lipinski definition) is 0. The molecule has 1 fully saturated rings. The van der Waals surface area contributed by atoms with Crippen LogP contribution in [0.2, 0.25) is 0 Å². The lowest BCUT2D eigenvalue weighted by molar-refractivity contribution is 0.0443. The second-order valence-corrected chi connectivity index (χ2v) is 5.55. The van der Waals surface area contributed by atoms with Crippen LogP contribution in [-0.2, 0) is 4.74 Å². The van der Waals surface area contributed by atoms with Crippen LogP contribution in [0.15, 0.2) is 24.3 Å². The predicted octanol–water partition coefficient (Wildman–Crippen LogP) is 4.34. The first-order chi connectivity index (χ1) is 8.83. The molecule has 0 N–H and O–H groups in total. The van der Waals surface area contributed by atoms with Crippen molar-refractivity contribution in [1.82, 2.24) is 0 Å². The van der Waals surface area contributed by atoms with Crippen LogP contribution in [0.25, 0.3) is 0 Å². The Morgan fingerprint density at radius 1 is 1.33 bits per heavy atom. The second kappa shape index (κ2) is 7.15. The number of rotatable bonds is 6. The fourth-order valence-electron chi connectivity index (χ4n) is 2.50. The number of methoxy groups -OCH3 is 1. The van der Waals surface area contributed by atoms with Crippen molar-refractivity contribution in [1.29, 1.82) is 0 Å². The maximum atomic E-state index is 6.06. The van der Waals surface area contributed by atoms with E-state index in [2.05, 4.69) is 28.1 Å². The van der Waals surface area contributed by atoms with Gasteiger partial charge in [0.1, 0.15) is 5.75 Å². The van der Waals surface area contributed by atoms with E-state index in [0.29, 0.717) is 0 Å². The van der Waals surface area contributed by atoms with Gasteiger partial charge in [0.25, 0.3) is 0 Å². The molecule has 2 nitrogen and oxygen atoms in total. The van der Waals surface area contributed by atoms with Gasteiger partial charge in [0.05, 0.1) is 19.8 Å². The highest BCUT2D eigenvalue weighted by atomic mass is 79.9. The van der Waals surface area contributed by atoms with Gasteiger partial charge >= 0.3 is 0 Å². The van der Waals surface area contributed by atoms with Crippen LogP contribution in [0.1, 0.15) is 37.4 Å². The average Bonchev–Trinajstić information content (AvgIpc) is 2.93. The second-order valence-electron chi connectivity index (χ2n) is 4.90. The molecule has 1 unspecified atom stereocenters. The van der Waals surface area contributed by atoms with Crippen molar-refractivity contribution in [2.45, 2.75) is 31.8 Å². The van der Waals surface area contributed by atoms with Crippen LogP contribution in [0.4, 0.5) is 0 Å². The minimum atomic E-state index is 0.126. The van der Waals surface area contributed by atoms with Gasteiger partial charge in [-0.05, 0) is 36.5 Å². The van der Waals surface area contributed by atoms with E-state index < -0.39 is 0 Å². The molecule has 1 aromatic rings. The summed E-state index contributed by atoms with van der Waals surface area (Å²) < 4.78 is 11.3. The molecule has 3 heteroatoms. The quantitative estimate of drug-likeness (QED) is 0.728. The van der Waals surface area contributed by atoms with Crippen molar-refractivity contribution in [3.05, 3.63) is 29.8 Å². The molecule has 2 rings (SSSR count). The molecule has 0 heterocycles. The van der Waals surface area contributed by atoms with E-state index in [0.717, 1.165) is 23.6 Å². The highest BCUT2D eigenvalue weighted by Gasteiger charge is 2.18. The lowest BCUT2D eigenvalue weighted by atomic mass is 10.1. The van der Waals surface area contributed by atoms with Gasteiger partial charge in [-0.3, -0.25) is 0 Å². The number of halogens is 1. The minimum Gasteiger partial charge on any atom is -0.497 e. The summed E-state index contributed by atoms with van der Waals surface area (Å²) in [5, 5.41) is 0.826. The zero-order chi connectivity index (χ0) is 12.8. The Labute approximate surface area is 118 Å². The summed E-state index contributed by atoms with van der Waals surface area (Å²) in [4.78, 5) is 0. The zero-order valence-electron chi connectivity index (χ0n) is 10.9. The van der Waals surface area contributed by atoms with Crippen LogP contribution < -0.4 is 4.74 Å². The van der Waals surface area contributed by atoms with Crippen molar-refractivity contribution in [3.63, 3.8) is 0 Å². The van der Waals surface area contributed by atoms with Gasteiger partial charge in [-0.1, -0.05) is 40.9 Å². The van der Waals surface area contributed by atoms with E-state index in [9.17, 15) is 0 Å². The number of benzene rings is 1. The van der Waals surface area contributed by atoms with Crippen molar-refractivity contribution in [2.75, 3.05) is 19.0 Å². The van der Waals surface area contributed by atoms with E-state index in [1.54, 1.807) is 7.11 Å². The third kappa shape index (κ3) is 3.72. The summed E-state index contributed by atoms with van der Waals surface area (Å²) in [6.07, 6.45) is 5.51. The Bertz CT molecular complexity index is 361.